The van der Waals surface area contributed by atoms with Crippen LogP contribution < -0.4 is 10.1 Å². The molecular weight excluding hydrogens is 357 g/mol. The number of benzene rings is 2. The number of methoxy groups -OCH3 is 1. The van der Waals surface area contributed by atoms with E-state index >= 15 is 0 Å². The van der Waals surface area contributed by atoms with E-state index in [-0.39, 0.29) is 17.5 Å². The molecule has 0 aliphatic rings. The summed E-state index contributed by atoms with van der Waals surface area (Å²) in [6.07, 6.45) is 0. The summed E-state index contributed by atoms with van der Waals surface area (Å²) in [4.78, 5) is 12.0. The number of amides is 1. The number of anilines is 1. The van der Waals surface area contributed by atoms with E-state index in [1.807, 2.05) is 24.3 Å². The van der Waals surface area contributed by atoms with Gasteiger partial charge in [0.25, 0.3) is 0 Å². The van der Waals surface area contributed by atoms with E-state index in [1.165, 1.54) is 36.0 Å². The van der Waals surface area contributed by atoms with Crippen molar-refractivity contribution < 1.29 is 13.9 Å². The van der Waals surface area contributed by atoms with Crippen molar-refractivity contribution in [2.75, 3.05) is 18.2 Å². The molecule has 1 N–H and O–H groups in total. The van der Waals surface area contributed by atoms with Crippen molar-refractivity contribution in [3.05, 3.63) is 59.9 Å². The van der Waals surface area contributed by atoms with Crippen LogP contribution in [0.15, 0.2) is 53.7 Å². The van der Waals surface area contributed by atoms with E-state index in [2.05, 4.69) is 20.8 Å². The highest BCUT2D eigenvalue weighted by molar-refractivity contribution is 7.99. The molecule has 3 rings (SSSR count). The summed E-state index contributed by atoms with van der Waals surface area (Å²) in [5.74, 6) is 0.341. The summed E-state index contributed by atoms with van der Waals surface area (Å²) in [5.41, 5.74) is 1.55. The van der Waals surface area contributed by atoms with E-state index in [4.69, 9.17) is 4.74 Å². The molecule has 0 unspecified atom stereocenters. The fourth-order valence-corrected chi connectivity index (χ4v) is 2.84. The average Bonchev–Trinajstić information content (AvgIpc) is 3.09. The fourth-order valence-electron chi connectivity index (χ4n) is 2.16. The number of halogens is 1. The van der Waals surface area contributed by atoms with Crippen molar-refractivity contribution in [2.24, 2.45) is 0 Å². The third-order valence-corrected chi connectivity index (χ3v) is 4.41. The molecule has 0 aliphatic heterocycles. The van der Waals surface area contributed by atoms with Crippen molar-refractivity contribution in [3.8, 4) is 5.75 Å². The minimum absolute atomic E-state index is 0.139. The summed E-state index contributed by atoms with van der Waals surface area (Å²) >= 11 is 1.23. The molecule has 3 aromatic rings. The Morgan fingerprint density at radius 2 is 1.92 bits per heavy atom. The zero-order chi connectivity index (χ0) is 18.4. The van der Waals surface area contributed by atoms with Crippen molar-refractivity contribution in [1.29, 1.82) is 0 Å². The van der Waals surface area contributed by atoms with Crippen LogP contribution in [0.3, 0.4) is 0 Å². The van der Waals surface area contributed by atoms with Crippen molar-refractivity contribution in [2.45, 2.75) is 11.7 Å². The largest absolute Gasteiger partial charge is 0.497 e. The second-order valence-electron chi connectivity index (χ2n) is 5.31. The lowest BCUT2D eigenvalue weighted by Crippen LogP contribution is -2.14. The van der Waals surface area contributed by atoms with Gasteiger partial charge in [0.2, 0.25) is 11.1 Å². The maximum atomic E-state index is 12.9. The molecule has 7 nitrogen and oxygen atoms in total. The van der Waals surface area contributed by atoms with Gasteiger partial charge in [-0.05, 0) is 52.4 Å². The fraction of sp³-hybridized carbons (Fsp3) is 0.176. The number of hydrogen-bond donors (Lipinski definition) is 1. The lowest BCUT2D eigenvalue weighted by molar-refractivity contribution is -0.113. The van der Waals surface area contributed by atoms with Crippen LogP contribution >= 0.6 is 11.8 Å². The minimum atomic E-state index is -0.352. The van der Waals surface area contributed by atoms with Crippen LogP contribution in [0.25, 0.3) is 0 Å². The molecule has 26 heavy (non-hydrogen) atoms. The molecule has 0 fully saturated rings. The van der Waals surface area contributed by atoms with Gasteiger partial charge >= 0.3 is 0 Å². The van der Waals surface area contributed by atoms with Gasteiger partial charge in [-0.2, -0.15) is 0 Å². The quantitative estimate of drug-likeness (QED) is 0.641. The lowest BCUT2D eigenvalue weighted by atomic mass is 10.2. The molecule has 9 heteroatoms. The number of hydrogen-bond acceptors (Lipinski definition) is 6. The predicted molar refractivity (Wildman–Crippen MR) is 95.7 cm³/mol. The summed E-state index contributed by atoms with van der Waals surface area (Å²) in [7, 11) is 1.61. The molecule has 0 saturated carbocycles. The number of tetrazole rings is 1. The molecule has 1 amide bonds. The Labute approximate surface area is 153 Å². The molecule has 134 valence electrons. The van der Waals surface area contributed by atoms with Gasteiger partial charge in [-0.3, -0.25) is 4.79 Å². The number of nitrogens with zero attached hydrogens (tertiary/aromatic N) is 4. The number of carbonyl (C=O) groups is 1. The number of aromatic nitrogens is 4. The van der Waals surface area contributed by atoms with E-state index in [9.17, 15) is 9.18 Å². The van der Waals surface area contributed by atoms with Gasteiger partial charge in [0.05, 0.1) is 19.4 Å². The van der Waals surface area contributed by atoms with Gasteiger partial charge in [-0.1, -0.05) is 23.9 Å². The SMILES string of the molecule is COc1ccc(Cn2nnnc2SCC(=O)Nc2ccc(F)cc2)cc1. The number of carbonyl (C=O) groups excluding carboxylic acids is 1. The van der Waals surface area contributed by atoms with Gasteiger partial charge in [-0.25, -0.2) is 9.07 Å². The second kappa shape index (κ2) is 8.43. The Bertz CT molecular complexity index is 868. The molecular formula is C17H16FN5O2S. The van der Waals surface area contributed by atoms with Crippen LogP contribution in [0.4, 0.5) is 10.1 Å². The van der Waals surface area contributed by atoms with Gasteiger partial charge in [0, 0.05) is 5.69 Å². The van der Waals surface area contributed by atoms with Gasteiger partial charge < -0.3 is 10.1 Å². The summed E-state index contributed by atoms with van der Waals surface area (Å²) in [5, 5.41) is 14.8. The number of rotatable bonds is 7. The zero-order valence-electron chi connectivity index (χ0n) is 13.9. The summed E-state index contributed by atoms with van der Waals surface area (Å²) in [6, 6.07) is 13.2. The van der Waals surface area contributed by atoms with Crippen molar-refractivity contribution in [1.82, 2.24) is 20.2 Å². The molecule has 0 aliphatic carbocycles. The summed E-state index contributed by atoms with van der Waals surface area (Å²) in [6.45, 7) is 0.485. The topological polar surface area (TPSA) is 81.9 Å². The Balaban J connectivity index is 1.56. The molecule has 2 aromatic carbocycles. The molecule has 0 radical (unpaired) electrons. The van der Waals surface area contributed by atoms with Crippen LogP contribution in [0.5, 0.6) is 5.75 Å². The Kier molecular flexibility index (Phi) is 5.80. The highest BCUT2D eigenvalue weighted by atomic mass is 32.2. The van der Waals surface area contributed by atoms with Crippen LogP contribution in [-0.2, 0) is 11.3 Å². The van der Waals surface area contributed by atoms with Gasteiger partial charge in [-0.15, -0.1) is 5.10 Å². The second-order valence-corrected chi connectivity index (χ2v) is 6.25. The van der Waals surface area contributed by atoms with Gasteiger partial charge in [0.1, 0.15) is 11.6 Å². The first kappa shape index (κ1) is 17.9. The highest BCUT2D eigenvalue weighted by Gasteiger charge is 2.11. The highest BCUT2D eigenvalue weighted by Crippen LogP contribution is 2.17. The van der Waals surface area contributed by atoms with Crippen LogP contribution in [0.1, 0.15) is 5.56 Å². The van der Waals surface area contributed by atoms with Crippen LogP contribution in [0.2, 0.25) is 0 Å². The average molecular weight is 373 g/mol. The van der Waals surface area contributed by atoms with E-state index in [0.717, 1.165) is 11.3 Å². The first-order chi connectivity index (χ1) is 12.6. The Morgan fingerprint density at radius 1 is 1.19 bits per heavy atom. The minimum Gasteiger partial charge on any atom is -0.497 e. The standard InChI is InChI=1S/C17H16FN5O2S/c1-25-15-8-2-12(3-9-15)10-23-17(20-21-22-23)26-11-16(24)19-14-6-4-13(18)5-7-14/h2-9H,10-11H2,1H3,(H,19,24). The number of thioether (sulfide) groups is 1. The Morgan fingerprint density at radius 3 is 2.62 bits per heavy atom. The lowest BCUT2D eigenvalue weighted by Gasteiger charge is -2.06. The first-order valence-electron chi connectivity index (χ1n) is 7.71. The van der Waals surface area contributed by atoms with Crippen LogP contribution in [0, 0.1) is 5.82 Å². The van der Waals surface area contributed by atoms with E-state index in [1.54, 1.807) is 11.8 Å². The van der Waals surface area contributed by atoms with Gasteiger partial charge in [0.15, 0.2) is 0 Å². The number of ether oxygens (including phenoxy) is 1. The third-order valence-electron chi connectivity index (χ3n) is 3.45. The smallest absolute Gasteiger partial charge is 0.234 e. The Hall–Kier alpha value is -2.94. The normalized spacial score (nSPS) is 10.5. The van der Waals surface area contributed by atoms with E-state index in [0.29, 0.717) is 17.4 Å². The van der Waals surface area contributed by atoms with Crippen molar-refractivity contribution in [3.63, 3.8) is 0 Å². The number of nitrogens with one attached hydrogen (secondary N) is 1. The molecule has 0 spiro atoms. The van der Waals surface area contributed by atoms with Crippen molar-refractivity contribution >= 4 is 23.4 Å². The monoisotopic (exact) mass is 373 g/mol. The molecule has 1 heterocycles. The first-order valence-corrected chi connectivity index (χ1v) is 8.70. The van der Waals surface area contributed by atoms with Crippen LogP contribution in [-0.4, -0.2) is 39.0 Å². The molecule has 0 saturated heterocycles. The summed E-state index contributed by atoms with van der Waals surface area (Å²) < 4.78 is 19.6. The predicted octanol–water partition coefficient (Wildman–Crippen LogP) is 2.60. The molecule has 0 atom stereocenters. The third kappa shape index (κ3) is 4.79. The molecule has 0 bridgehead atoms. The zero-order valence-corrected chi connectivity index (χ0v) is 14.7. The maximum absolute atomic E-state index is 12.9. The van der Waals surface area contributed by atoms with E-state index < -0.39 is 0 Å². The molecule has 1 aromatic heterocycles. The maximum Gasteiger partial charge on any atom is 0.234 e.